The third-order valence-corrected chi connectivity index (χ3v) is 4.75. The van der Waals surface area contributed by atoms with Crippen LogP contribution in [0.2, 0.25) is 5.02 Å². The molecule has 0 unspecified atom stereocenters. The molecule has 0 bridgehead atoms. The highest BCUT2D eigenvalue weighted by Gasteiger charge is 2.48. The summed E-state index contributed by atoms with van der Waals surface area (Å²) < 4.78 is 56.0. The molecule has 0 N–H and O–H groups in total. The Balaban J connectivity index is 2.00. The number of pyridine rings is 1. The van der Waals surface area contributed by atoms with Crippen molar-refractivity contribution in [2.75, 3.05) is 6.26 Å². The Kier molecular flexibility index (Phi) is 3.46. The van der Waals surface area contributed by atoms with Gasteiger partial charge in [-0.15, -0.1) is 4.73 Å². The van der Waals surface area contributed by atoms with Gasteiger partial charge in [0.25, 0.3) is 0 Å². The number of nitrogens with zero attached hydrogens (tertiary/aromatic N) is 3. The summed E-state index contributed by atoms with van der Waals surface area (Å²) >= 11 is 6.03. The van der Waals surface area contributed by atoms with Crippen molar-refractivity contribution in [1.29, 1.82) is 0 Å². The van der Waals surface area contributed by atoms with Crippen LogP contribution in [0, 0.1) is 0 Å². The Bertz CT molecular complexity index is 1110. The van der Waals surface area contributed by atoms with E-state index in [1.165, 1.54) is 6.20 Å². The van der Waals surface area contributed by atoms with E-state index < -0.39 is 34.8 Å². The molecule has 1 aromatic carbocycles. The molecule has 1 aliphatic carbocycles. The summed E-state index contributed by atoms with van der Waals surface area (Å²) in [5, 5.41) is 0.948. The van der Waals surface area contributed by atoms with Gasteiger partial charge in [-0.3, -0.25) is 9.27 Å². The van der Waals surface area contributed by atoms with Crippen molar-refractivity contribution in [3.63, 3.8) is 0 Å². The second kappa shape index (κ2) is 5.25. The molecule has 0 atom stereocenters. The predicted molar refractivity (Wildman–Crippen MR) is 88.4 cm³/mol. The maximum atomic E-state index is 13.3. The third-order valence-electron chi connectivity index (χ3n) is 4.09. The van der Waals surface area contributed by atoms with Gasteiger partial charge in [-0.2, -0.15) is 8.42 Å². The number of hydrogen-bond acceptors (Lipinski definition) is 5. The fraction of sp³-hybridized carbons (Fsp3) is 0.333. The monoisotopic (exact) mass is 387 g/mol. The standard InChI is InChI=1S/C15H12ClF2N3O3S/c1-25(22,23)24-21-13-10-4-9(16)2-3-11(10)19-7-12(13)20-14(21)8-5-15(17,18)6-8/h2-4,7-8H,5-6H2,1H3. The highest BCUT2D eigenvalue weighted by Crippen LogP contribution is 2.48. The lowest BCUT2D eigenvalue weighted by atomic mass is 9.81. The average molecular weight is 388 g/mol. The van der Waals surface area contributed by atoms with E-state index in [2.05, 4.69) is 9.97 Å². The number of imidazole rings is 1. The minimum absolute atomic E-state index is 0.139. The van der Waals surface area contributed by atoms with E-state index in [1.54, 1.807) is 18.2 Å². The molecule has 1 aliphatic rings. The van der Waals surface area contributed by atoms with Crippen LogP contribution >= 0.6 is 11.6 Å². The summed E-state index contributed by atoms with van der Waals surface area (Å²) in [6, 6.07) is 4.93. The first kappa shape index (κ1) is 16.5. The van der Waals surface area contributed by atoms with Crippen molar-refractivity contribution < 1.29 is 21.5 Å². The molecule has 3 aromatic rings. The Morgan fingerprint density at radius 1 is 1.32 bits per heavy atom. The Morgan fingerprint density at radius 2 is 2.04 bits per heavy atom. The van der Waals surface area contributed by atoms with Crippen LogP contribution in [0.25, 0.3) is 21.9 Å². The summed E-state index contributed by atoms with van der Waals surface area (Å²) in [6.45, 7) is 0. The summed E-state index contributed by atoms with van der Waals surface area (Å²) in [7, 11) is -3.90. The van der Waals surface area contributed by atoms with E-state index in [1.807, 2.05) is 0 Å². The van der Waals surface area contributed by atoms with Crippen LogP contribution in [0.5, 0.6) is 0 Å². The van der Waals surface area contributed by atoms with Crippen molar-refractivity contribution in [2.24, 2.45) is 0 Å². The topological polar surface area (TPSA) is 74.1 Å². The van der Waals surface area contributed by atoms with Crippen molar-refractivity contribution in [1.82, 2.24) is 14.7 Å². The summed E-state index contributed by atoms with van der Waals surface area (Å²) in [4.78, 5) is 8.54. The van der Waals surface area contributed by atoms with Gasteiger partial charge in [0, 0.05) is 29.2 Å². The van der Waals surface area contributed by atoms with Gasteiger partial charge < -0.3 is 0 Å². The van der Waals surface area contributed by atoms with Crippen molar-refractivity contribution in [3.05, 3.63) is 35.2 Å². The van der Waals surface area contributed by atoms with Gasteiger partial charge in [-0.05, 0) is 18.2 Å². The zero-order valence-electron chi connectivity index (χ0n) is 12.9. The second-order valence-electron chi connectivity index (χ2n) is 6.16. The molecule has 10 heteroatoms. The third kappa shape index (κ3) is 2.91. The summed E-state index contributed by atoms with van der Waals surface area (Å²) in [6.07, 6.45) is 1.52. The molecule has 0 aliphatic heterocycles. The minimum atomic E-state index is -3.90. The van der Waals surface area contributed by atoms with E-state index in [0.717, 1.165) is 11.0 Å². The number of hydrogen-bond donors (Lipinski definition) is 0. The van der Waals surface area contributed by atoms with Gasteiger partial charge >= 0.3 is 10.1 Å². The maximum Gasteiger partial charge on any atom is 0.324 e. The molecule has 1 fully saturated rings. The molecule has 0 saturated heterocycles. The molecule has 1 saturated carbocycles. The number of halogens is 3. The van der Waals surface area contributed by atoms with Gasteiger partial charge in [-0.25, -0.2) is 13.8 Å². The van der Waals surface area contributed by atoms with Crippen molar-refractivity contribution >= 4 is 43.7 Å². The lowest BCUT2D eigenvalue weighted by Crippen LogP contribution is -2.36. The molecule has 132 valence electrons. The lowest BCUT2D eigenvalue weighted by Gasteiger charge is -2.34. The van der Waals surface area contributed by atoms with E-state index in [-0.39, 0.29) is 5.82 Å². The molecule has 6 nitrogen and oxygen atoms in total. The van der Waals surface area contributed by atoms with Crippen LogP contribution in [0.4, 0.5) is 8.78 Å². The molecule has 0 amide bonds. The zero-order valence-corrected chi connectivity index (χ0v) is 14.5. The number of rotatable bonds is 3. The first-order valence-corrected chi connectivity index (χ1v) is 9.57. The minimum Gasteiger partial charge on any atom is -0.286 e. The van der Waals surface area contributed by atoms with Crippen LogP contribution in [-0.4, -0.2) is 35.3 Å². The number of fused-ring (bicyclic) bond motifs is 3. The molecular weight excluding hydrogens is 376 g/mol. The fourth-order valence-electron chi connectivity index (χ4n) is 3.03. The van der Waals surface area contributed by atoms with Crippen LogP contribution in [0.3, 0.4) is 0 Å². The molecule has 2 heterocycles. The lowest BCUT2D eigenvalue weighted by molar-refractivity contribution is -0.0902. The summed E-state index contributed by atoms with van der Waals surface area (Å²) in [5.41, 5.74) is 1.24. The van der Waals surface area contributed by atoms with Crippen LogP contribution in [0.1, 0.15) is 24.6 Å². The molecule has 4 rings (SSSR count). The smallest absolute Gasteiger partial charge is 0.286 e. The first-order chi connectivity index (χ1) is 11.6. The molecule has 0 radical (unpaired) electrons. The molecular formula is C15H12ClF2N3O3S. The second-order valence-corrected chi connectivity index (χ2v) is 8.15. The van der Waals surface area contributed by atoms with Crippen LogP contribution in [0.15, 0.2) is 24.4 Å². The van der Waals surface area contributed by atoms with Crippen LogP contribution in [-0.2, 0) is 10.1 Å². The predicted octanol–water partition coefficient (Wildman–Crippen LogP) is 3.14. The molecule has 0 spiro atoms. The summed E-state index contributed by atoms with van der Waals surface area (Å²) in [5.74, 6) is -3.23. The van der Waals surface area contributed by atoms with E-state index in [0.29, 0.717) is 27.0 Å². The van der Waals surface area contributed by atoms with Crippen molar-refractivity contribution in [2.45, 2.75) is 24.7 Å². The Hall–Kier alpha value is -2.00. The molecule has 2 aromatic heterocycles. The van der Waals surface area contributed by atoms with Gasteiger partial charge in [0.2, 0.25) is 5.92 Å². The Labute approximate surface area is 146 Å². The highest BCUT2D eigenvalue weighted by atomic mass is 35.5. The van der Waals surface area contributed by atoms with E-state index in [4.69, 9.17) is 15.9 Å². The zero-order chi connectivity index (χ0) is 18.0. The number of alkyl halides is 2. The van der Waals surface area contributed by atoms with E-state index >= 15 is 0 Å². The maximum absolute atomic E-state index is 13.3. The first-order valence-electron chi connectivity index (χ1n) is 7.37. The molecule has 25 heavy (non-hydrogen) atoms. The largest absolute Gasteiger partial charge is 0.324 e. The quantitative estimate of drug-likeness (QED) is 0.690. The normalized spacial score (nSPS) is 17.8. The van der Waals surface area contributed by atoms with Crippen molar-refractivity contribution in [3.8, 4) is 0 Å². The van der Waals surface area contributed by atoms with Gasteiger partial charge in [0.15, 0.2) is 5.82 Å². The number of aromatic nitrogens is 3. The van der Waals surface area contributed by atoms with Gasteiger partial charge in [-0.1, -0.05) is 11.6 Å². The number of benzene rings is 1. The fourth-order valence-corrected chi connectivity index (χ4v) is 3.62. The van der Waals surface area contributed by atoms with Gasteiger partial charge in [0.1, 0.15) is 11.0 Å². The van der Waals surface area contributed by atoms with E-state index in [9.17, 15) is 17.2 Å². The Morgan fingerprint density at radius 3 is 2.68 bits per heavy atom. The van der Waals surface area contributed by atoms with Crippen LogP contribution < -0.4 is 4.28 Å². The highest BCUT2D eigenvalue weighted by molar-refractivity contribution is 7.86. The van der Waals surface area contributed by atoms with Gasteiger partial charge in [0.05, 0.1) is 18.0 Å². The average Bonchev–Trinajstić information content (AvgIpc) is 2.81. The SMILES string of the molecule is CS(=O)(=O)On1c(C2CC(F)(F)C2)nc2cnc3ccc(Cl)cc3c21.